The Morgan fingerprint density at radius 3 is 2.43 bits per heavy atom. The monoisotopic (exact) mass is 379 g/mol. The van der Waals surface area contributed by atoms with Crippen molar-refractivity contribution < 1.29 is 9.53 Å². The second-order valence-corrected chi connectivity index (χ2v) is 6.98. The lowest BCUT2D eigenvalue weighted by molar-refractivity contribution is -0.118. The van der Waals surface area contributed by atoms with Crippen LogP contribution in [-0.4, -0.2) is 21.9 Å². The van der Waals surface area contributed by atoms with E-state index in [4.69, 9.17) is 4.74 Å². The quantitative estimate of drug-likeness (QED) is 0.739. The fourth-order valence-corrected chi connectivity index (χ4v) is 3.18. The normalized spacial score (nSPS) is 10.8. The molecule has 0 bridgehead atoms. The van der Waals surface area contributed by atoms with Crippen molar-refractivity contribution in [3.05, 3.63) is 75.2 Å². The van der Waals surface area contributed by atoms with Crippen molar-refractivity contribution in [3.63, 3.8) is 0 Å². The Labute approximate surface area is 164 Å². The number of aromatic nitrogens is 2. The molecule has 0 saturated heterocycles. The number of hydrogen-bond acceptors (Lipinski definition) is 3. The number of benzene rings is 2. The number of carbonyl (C=O) groups is 1. The van der Waals surface area contributed by atoms with Gasteiger partial charge in [0.15, 0.2) is 6.61 Å². The van der Waals surface area contributed by atoms with E-state index < -0.39 is 0 Å². The van der Waals surface area contributed by atoms with Gasteiger partial charge in [0, 0.05) is 7.05 Å². The summed E-state index contributed by atoms with van der Waals surface area (Å²) in [6.45, 7) is 7.59. The topological polar surface area (TPSA) is 65.3 Å². The molecule has 0 aliphatic heterocycles. The minimum absolute atomic E-state index is 0.164. The van der Waals surface area contributed by atoms with Crippen LogP contribution in [0.5, 0.6) is 5.75 Å². The number of ether oxygens (including phenoxy) is 1. The van der Waals surface area contributed by atoms with Crippen LogP contribution in [-0.2, 0) is 11.8 Å². The lowest BCUT2D eigenvalue weighted by atomic mass is 10.1. The maximum absolute atomic E-state index is 12.9. The lowest BCUT2D eigenvalue weighted by Gasteiger charge is -2.12. The number of hydrogen-bond donors (Lipinski definition) is 1. The Hall–Kier alpha value is -3.28. The molecule has 1 aromatic heterocycles. The first-order chi connectivity index (χ1) is 13.3. The van der Waals surface area contributed by atoms with Gasteiger partial charge in [-0.1, -0.05) is 24.3 Å². The molecule has 1 N–H and O–H groups in total. The highest BCUT2D eigenvalue weighted by Crippen LogP contribution is 2.23. The van der Waals surface area contributed by atoms with Crippen LogP contribution < -0.4 is 15.6 Å². The van der Waals surface area contributed by atoms with Crippen molar-refractivity contribution >= 4 is 11.6 Å². The summed E-state index contributed by atoms with van der Waals surface area (Å²) >= 11 is 0. The van der Waals surface area contributed by atoms with Crippen LogP contribution in [0.4, 0.5) is 5.69 Å². The number of para-hydroxylation sites is 1. The van der Waals surface area contributed by atoms with Gasteiger partial charge >= 0.3 is 0 Å². The van der Waals surface area contributed by atoms with Gasteiger partial charge < -0.3 is 10.1 Å². The molecule has 146 valence electrons. The summed E-state index contributed by atoms with van der Waals surface area (Å²) in [7, 11) is 1.79. The second kappa shape index (κ2) is 7.76. The molecule has 0 atom stereocenters. The number of nitrogens with zero attached hydrogens (tertiary/aromatic N) is 2. The number of amides is 1. The fraction of sp³-hybridized carbons (Fsp3) is 0.273. The molecule has 0 saturated carbocycles. The lowest BCUT2D eigenvalue weighted by Crippen LogP contribution is -2.25. The van der Waals surface area contributed by atoms with Crippen LogP contribution in [0.1, 0.15) is 22.4 Å². The second-order valence-electron chi connectivity index (χ2n) is 6.98. The molecule has 6 nitrogen and oxygen atoms in total. The predicted octanol–water partition coefficient (Wildman–Crippen LogP) is 3.43. The number of anilines is 1. The van der Waals surface area contributed by atoms with Gasteiger partial charge in [0.2, 0.25) is 0 Å². The van der Waals surface area contributed by atoms with Crippen molar-refractivity contribution in [2.75, 3.05) is 11.9 Å². The third-order valence-electron chi connectivity index (χ3n) is 4.94. The maximum atomic E-state index is 12.9. The predicted molar refractivity (Wildman–Crippen MR) is 111 cm³/mol. The number of carbonyl (C=O) groups excluding carboxylic acids is 1. The highest BCUT2D eigenvalue weighted by atomic mass is 16.5. The fourth-order valence-electron chi connectivity index (χ4n) is 3.18. The smallest absolute Gasteiger partial charge is 0.295 e. The van der Waals surface area contributed by atoms with Gasteiger partial charge in [-0.05, 0) is 62.6 Å². The van der Waals surface area contributed by atoms with Crippen LogP contribution in [0.3, 0.4) is 0 Å². The van der Waals surface area contributed by atoms with Gasteiger partial charge in [0.1, 0.15) is 11.4 Å². The van der Waals surface area contributed by atoms with E-state index in [2.05, 4.69) is 11.4 Å². The van der Waals surface area contributed by atoms with Crippen LogP contribution in [0.15, 0.2) is 47.3 Å². The summed E-state index contributed by atoms with van der Waals surface area (Å²) < 4.78 is 8.96. The molecule has 0 spiro atoms. The van der Waals surface area contributed by atoms with E-state index in [-0.39, 0.29) is 23.8 Å². The van der Waals surface area contributed by atoms with Gasteiger partial charge in [0.25, 0.3) is 11.5 Å². The molecule has 0 aliphatic rings. The molecular formula is C22H25N3O3. The van der Waals surface area contributed by atoms with Crippen LogP contribution in [0, 0.1) is 27.7 Å². The number of rotatable bonds is 5. The van der Waals surface area contributed by atoms with E-state index in [9.17, 15) is 9.59 Å². The Bertz CT molecular complexity index is 1080. The van der Waals surface area contributed by atoms with Crippen molar-refractivity contribution in [2.24, 2.45) is 7.05 Å². The molecule has 28 heavy (non-hydrogen) atoms. The third kappa shape index (κ3) is 3.71. The van der Waals surface area contributed by atoms with E-state index in [1.165, 1.54) is 4.68 Å². The van der Waals surface area contributed by atoms with Crippen LogP contribution >= 0.6 is 0 Å². The minimum atomic E-state index is -0.371. The summed E-state index contributed by atoms with van der Waals surface area (Å²) in [6, 6.07) is 13.3. The molecule has 6 heteroatoms. The molecule has 3 rings (SSSR count). The average molecular weight is 379 g/mol. The summed E-state index contributed by atoms with van der Waals surface area (Å²) in [6.07, 6.45) is 0. The van der Waals surface area contributed by atoms with Crippen LogP contribution in [0.25, 0.3) is 5.69 Å². The van der Waals surface area contributed by atoms with Crippen molar-refractivity contribution in [1.82, 2.24) is 9.36 Å². The first-order valence-electron chi connectivity index (χ1n) is 9.14. The third-order valence-corrected chi connectivity index (χ3v) is 4.94. The van der Waals surface area contributed by atoms with Gasteiger partial charge in [0.05, 0.1) is 11.4 Å². The van der Waals surface area contributed by atoms with E-state index >= 15 is 0 Å². The summed E-state index contributed by atoms with van der Waals surface area (Å²) in [5, 5.41) is 2.71. The molecule has 1 heterocycles. The zero-order valence-corrected chi connectivity index (χ0v) is 16.9. The SMILES string of the molecule is Cc1cc(C)c(C)c(OCC(=O)Nc2c(C)n(C)n(-c3ccccc3)c2=O)c1. The first-order valence-corrected chi connectivity index (χ1v) is 9.14. The summed E-state index contributed by atoms with van der Waals surface area (Å²) in [4.78, 5) is 25.3. The van der Waals surface area contributed by atoms with Gasteiger partial charge in [-0.3, -0.25) is 14.3 Å². The van der Waals surface area contributed by atoms with Crippen molar-refractivity contribution in [2.45, 2.75) is 27.7 Å². The van der Waals surface area contributed by atoms with Crippen molar-refractivity contribution in [1.29, 1.82) is 0 Å². The number of nitrogens with one attached hydrogen (secondary N) is 1. The molecule has 0 unspecified atom stereocenters. The average Bonchev–Trinajstić information content (AvgIpc) is 2.87. The molecule has 0 aliphatic carbocycles. The number of aryl methyl sites for hydroxylation is 2. The Morgan fingerprint density at radius 2 is 1.75 bits per heavy atom. The van der Waals surface area contributed by atoms with E-state index in [1.54, 1.807) is 18.7 Å². The summed E-state index contributed by atoms with van der Waals surface area (Å²) in [5.74, 6) is 0.309. The molecule has 0 fully saturated rings. The zero-order chi connectivity index (χ0) is 20.4. The van der Waals surface area contributed by atoms with E-state index in [0.717, 1.165) is 22.4 Å². The molecule has 2 aromatic carbocycles. The molecule has 0 radical (unpaired) electrons. The Kier molecular flexibility index (Phi) is 5.40. The molecule has 1 amide bonds. The standard InChI is InChI=1S/C22H25N3O3/c1-14-11-15(2)16(3)19(12-14)28-13-20(26)23-21-17(4)24(5)25(22(21)27)18-9-7-6-8-10-18/h6-12H,13H2,1-5H3,(H,23,26). The summed E-state index contributed by atoms with van der Waals surface area (Å²) in [5.41, 5.74) is 4.58. The van der Waals surface area contributed by atoms with Crippen molar-refractivity contribution in [3.8, 4) is 11.4 Å². The van der Waals surface area contributed by atoms with E-state index in [0.29, 0.717) is 11.4 Å². The van der Waals surface area contributed by atoms with Gasteiger partial charge in [-0.15, -0.1) is 0 Å². The highest BCUT2D eigenvalue weighted by molar-refractivity contribution is 5.92. The Morgan fingerprint density at radius 1 is 1.07 bits per heavy atom. The minimum Gasteiger partial charge on any atom is -0.483 e. The zero-order valence-electron chi connectivity index (χ0n) is 16.9. The molecular weight excluding hydrogens is 354 g/mol. The van der Waals surface area contributed by atoms with Gasteiger partial charge in [-0.2, -0.15) is 0 Å². The van der Waals surface area contributed by atoms with Crippen LogP contribution in [0.2, 0.25) is 0 Å². The maximum Gasteiger partial charge on any atom is 0.295 e. The highest BCUT2D eigenvalue weighted by Gasteiger charge is 2.18. The first kappa shape index (κ1) is 19.5. The Balaban J connectivity index is 1.79. The van der Waals surface area contributed by atoms with Gasteiger partial charge in [-0.25, -0.2) is 4.68 Å². The van der Waals surface area contributed by atoms with E-state index in [1.807, 2.05) is 57.2 Å². The largest absolute Gasteiger partial charge is 0.483 e. The molecule has 3 aromatic rings.